The molecule has 3 rings (SSSR count). The molecule has 0 amide bonds. The SMILES string of the molecule is CCC1CCCN(c2nc3ccc(C(=O)O)cc3o2)C1. The first kappa shape index (κ1) is 13.0. The van der Waals surface area contributed by atoms with Gasteiger partial charge in [-0.25, -0.2) is 4.79 Å². The highest BCUT2D eigenvalue weighted by molar-refractivity contribution is 5.92. The smallest absolute Gasteiger partial charge is 0.335 e. The molecule has 1 saturated heterocycles. The number of carbonyl (C=O) groups is 1. The molecule has 0 bridgehead atoms. The van der Waals surface area contributed by atoms with E-state index in [1.807, 2.05) is 0 Å². The van der Waals surface area contributed by atoms with Gasteiger partial charge in [-0.3, -0.25) is 0 Å². The van der Waals surface area contributed by atoms with Crippen LogP contribution in [0.4, 0.5) is 6.01 Å². The number of carboxylic acid groups (broad SMARTS) is 1. The number of rotatable bonds is 3. The van der Waals surface area contributed by atoms with Crippen LogP contribution in [-0.2, 0) is 0 Å². The van der Waals surface area contributed by atoms with E-state index in [0.717, 1.165) is 19.5 Å². The summed E-state index contributed by atoms with van der Waals surface area (Å²) in [4.78, 5) is 17.6. The zero-order valence-corrected chi connectivity index (χ0v) is 11.5. The average molecular weight is 274 g/mol. The van der Waals surface area contributed by atoms with Gasteiger partial charge >= 0.3 is 5.97 Å². The summed E-state index contributed by atoms with van der Waals surface area (Å²) in [6.07, 6.45) is 3.58. The molecule has 1 atom stereocenters. The predicted molar refractivity (Wildman–Crippen MR) is 76.2 cm³/mol. The maximum Gasteiger partial charge on any atom is 0.335 e. The molecule has 1 N–H and O–H groups in total. The Labute approximate surface area is 117 Å². The number of aromatic nitrogens is 1. The second kappa shape index (κ2) is 5.15. The minimum absolute atomic E-state index is 0.227. The van der Waals surface area contributed by atoms with Gasteiger partial charge in [0.1, 0.15) is 5.52 Å². The topological polar surface area (TPSA) is 66.6 Å². The van der Waals surface area contributed by atoms with Crippen molar-refractivity contribution < 1.29 is 14.3 Å². The van der Waals surface area contributed by atoms with Crippen molar-refractivity contribution in [2.75, 3.05) is 18.0 Å². The van der Waals surface area contributed by atoms with Crippen LogP contribution < -0.4 is 4.90 Å². The average Bonchev–Trinajstić information content (AvgIpc) is 2.90. The fourth-order valence-electron chi connectivity index (χ4n) is 2.75. The van der Waals surface area contributed by atoms with Gasteiger partial charge in [-0.15, -0.1) is 0 Å². The number of piperidine rings is 1. The molecule has 5 nitrogen and oxygen atoms in total. The van der Waals surface area contributed by atoms with E-state index in [2.05, 4.69) is 16.8 Å². The van der Waals surface area contributed by atoms with Crippen LogP contribution in [0.25, 0.3) is 11.1 Å². The molecule has 5 heteroatoms. The molecule has 0 aliphatic carbocycles. The highest BCUT2D eigenvalue weighted by Crippen LogP contribution is 2.27. The Morgan fingerprint density at radius 3 is 3.15 bits per heavy atom. The van der Waals surface area contributed by atoms with Crippen molar-refractivity contribution >= 4 is 23.1 Å². The summed E-state index contributed by atoms with van der Waals surface area (Å²) in [7, 11) is 0. The third-order valence-electron chi connectivity index (χ3n) is 3.99. The Kier molecular flexibility index (Phi) is 3.34. The zero-order valence-electron chi connectivity index (χ0n) is 11.5. The molecule has 0 radical (unpaired) electrons. The summed E-state index contributed by atoms with van der Waals surface area (Å²) in [5.74, 6) is -0.262. The molecular weight excluding hydrogens is 256 g/mol. The largest absolute Gasteiger partial charge is 0.478 e. The molecule has 2 heterocycles. The number of fused-ring (bicyclic) bond motifs is 1. The lowest BCUT2D eigenvalue weighted by Crippen LogP contribution is -2.35. The summed E-state index contributed by atoms with van der Waals surface area (Å²) in [5.41, 5.74) is 1.48. The number of oxazole rings is 1. The van der Waals surface area contributed by atoms with Gasteiger partial charge in [-0.05, 0) is 37.0 Å². The third kappa shape index (κ3) is 2.35. The highest BCUT2D eigenvalue weighted by atomic mass is 16.4. The van der Waals surface area contributed by atoms with Crippen molar-refractivity contribution in [2.45, 2.75) is 26.2 Å². The fourth-order valence-corrected chi connectivity index (χ4v) is 2.75. The minimum Gasteiger partial charge on any atom is -0.478 e. The summed E-state index contributed by atoms with van der Waals surface area (Å²) in [5, 5.41) is 8.99. The van der Waals surface area contributed by atoms with Gasteiger partial charge in [0.15, 0.2) is 5.58 Å². The van der Waals surface area contributed by atoms with Crippen LogP contribution in [0.1, 0.15) is 36.5 Å². The lowest BCUT2D eigenvalue weighted by molar-refractivity contribution is 0.0697. The molecule has 1 aromatic carbocycles. The number of benzene rings is 1. The fraction of sp³-hybridized carbons (Fsp3) is 0.467. The van der Waals surface area contributed by atoms with Crippen LogP contribution in [0.2, 0.25) is 0 Å². The molecule has 106 valence electrons. The van der Waals surface area contributed by atoms with E-state index in [1.165, 1.54) is 18.9 Å². The Balaban J connectivity index is 1.90. The second-order valence-electron chi connectivity index (χ2n) is 5.35. The van der Waals surface area contributed by atoms with E-state index in [1.54, 1.807) is 12.1 Å². The first-order chi connectivity index (χ1) is 9.67. The Hall–Kier alpha value is -2.04. The van der Waals surface area contributed by atoms with Gasteiger partial charge in [0.2, 0.25) is 0 Å². The van der Waals surface area contributed by atoms with E-state index < -0.39 is 5.97 Å². The van der Waals surface area contributed by atoms with Crippen molar-refractivity contribution in [1.29, 1.82) is 0 Å². The van der Waals surface area contributed by atoms with Crippen LogP contribution in [0.3, 0.4) is 0 Å². The van der Waals surface area contributed by atoms with Crippen molar-refractivity contribution in [2.24, 2.45) is 5.92 Å². The van der Waals surface area contributed by atoms with Gasteiger partial charge in [-0.2, -0.15) is 4.98 Å². The molecule has 1 aliphatic heterocycles. The quantitative estimate of drug-likeness (QED) is 0.931. The van der Waals surface area contributed by atoms with Gasteiger partial charge < -0.3 is 14.4 Å². The van der Waals surface area contributed by atoms with Crippen molar-refractivity contribution in [3.8, 4) is 0 Å². The molecule has 20 heavy (non-hydrogen) atoms. The maximum atomic E-state index is 11.0. The molecule has 2 aromatic rings. The molecular formula is C15H18N2O3. The first-order valence-electron chi connectivity index (χ1n) is 7.06. The van der Waals surface area contributed by atoms with Crippen molar-refractivity contribution in [3.05, 3.63) is 23.8 Å². The lowest BCUT2D eigenvalue weighted by atomic mass is 9.96. The number of hydrogen-bond acceptors (Lipinski definition) is 4. The number of hydrogen-bond donors (Lipinski definition) is 1. The van der Waals surface area contributed by atoms with Crippen LogP contribution in [0, 0.1) is 5.92 Å². The van der Waals surface area contributed by atoms with E-state index in [9.17, 15) is 4.79 Å². The molecule has 1 aromatic heterocycles. The number of anilines is 1. The third-order valence-corrected chi connectivity index (χ3v) is 3.99. The van der Waals surface area contributed by atoms with Crippen LogP contribution in [-0.4, -0.2) is 29.1 Å². The summed E-state index contributed by atoms with van der Waals surface area (Å²) in [6, 6.07) is 5.41. The highest BCUT2D eigenvalue weighted by Gasteiger charge is 2.22. The first-order valence-corrected chi connectivity index (χ1v) is 7.06. The van der Waals surface area contributed by atoms with Crippen LogP contribution in [0.5, 0.6) is 0 Å². The Morgan fingerprint density at radius 1 is 1.55 bits per heavy atom. The molecule has 1 fully saturated rings. The predicted octanol–water partition coefficient (Wildman–Crippen LogP) is 3.15. The number of nitrogens with zero attached hydrogens (tertiary/aromatic N) is 2. The van der Waals surface area contributed by atoms with Crippen LogP contribution >= 0.6 is 0 Å². The normalized spacial score (nSPS) is 19.4. The van der Waals surface area contributed by atoms with Gasteiger partial charge in [-0.1, -0.05) is 13.3 Å². The molecule has 0 spiro atoms. The standard InChI is InChI=1S/C15H18N2O3/c1-2-10-4-3-7-17(9-10)15-16-12-6-5-11(14(18)19)8-13(12)20-15/h5-6,8,10H,2-4,7,9H2,1H3,(H,18,19). The van der Waals surface area contributed by atoms with E-state index in [0.29, 0.717) is 23.0 Å². The number of carboxylic acids is 1. The summed E-state index contributed by atoms with van der Waals surface area (Å²) in [6.45, 7) is 4.13. The van der Waals surface area contributed by atoms with E-state index in [4.69, 9.17) is 9.52 Å². The molecule has 1 aliphatic rings. The minimum atomic E-state index is -0.950. The summed E-state index contributed by atoms with van der Waals surface area (Å²) >= 11 is 0. The Bertz CT molecular complexity index is 635. The molecule has 0 saturated carbocycles. The Morgan fingerprint density at radius 2 is 2.40 bits per heavy atom. The maximum absolute atomic E-state index is 11.0. The summed E-state index contributed by atoms with van der Waals surface area (Å²) < 4.78 is 5.74. The van der Waals surface area contributed by atoms with Gasteiger partial charge in [0.05, 0.1) is 5.56 Å². The van der Waals surface area contributed by atoms with E-state index >= 15 is 0 Å². The van der Waals surface area contributed by atoms with Gasteiger partial charge in [0.25, 0.3) is 6.01 Å². The molecule has 1 unspecified atom stereocenters. The van der Waals surface area contributed by atoms with Gasteiger partial charge in [0, 0.05) is 13.1 Å². The van der Waals surface area contributed by atoms with Crippen molar-refractivity contribution in [1.82, 2.24) is 4.98 Å². The van der Waals surface area contributed by atoms with Crippen LogP contribution in [0.15, 0.2) is 22.6 Å². The number of aromatic carboxylic acids is 1. The van der Waals surface area contributed by atoms with E-state index in [-0.39, 0.29) is 5.56 Å². The lowest BCUT2D eigenvalue weighted by Gasteiger charge is -2.30. The zero-order chi connectivity index (χ0) is 14.1. The monoisotopic (exact) mass is 274 g/mol. The van der Waals surface area contributed by atoms with Crippen molar-refractivity contribution in [3.63, 3.8) is 0 Å². The second-order valence-corrected chi connectivity index (χ2v) is 5.35.